The number of nitrogens with zero attached hydrogens (tertiary/aromatic N) is 5. The van der Waals surface area contributed by atoms with Crippen LogP contribution in [-0.2, 0) is 0 Å². The van der Waals surface area contributed by atoms with Gasteiger partial charge >= 0.3 is 12.2 Å². The molecule has 84 valence electrons. The predicted octanol–water partition coefficient (Wildman–Crippen LogP) is 1.03. The minimum Gasteiger partial charge on any atom is -0.467 e. The van der Waals surface area contributed by atoms with Crippen molar-refractivity contribution < 1.29 is 4.74 Å². The van der Waals surface area contributed by atoms with Crippen molar-refractivity contribution in [1.29, 1.82) is 0 Å². The van der Waals surface area contributed by atoms with Gasteiger partial charge in [0, 0.05) is 13.0 Å². The van der Waals surface area contributed by atoms with Gasteiger partial charge in [0.2, 0.25) is 5.95 Å². The van der Waals surface area contributed by atoms with Crippen molar-refractivity contribution in [1.82, 2.24) is 15.0 Å². The van der Waals surface area contributed by atoms with Crippen LogP contribution >= 0.6 is 0 Å². The zero-order chi connectivity index (χ0) is 11.5. The second kappa shape index (κ2) is 4.31. The first-order valence-electron chi connectivity index (χ1n) is 5.14. The Morgan fingerprint density at radius 3 is 2.94 bits per heavy atom. The molecule has 16 heavy (non-hydrogen) atoms. The van der Waals surface area contributed by atoms with Gasteiger partial charge in [-0.25, -0.2) is 6.57 Å². The van der Waals surface area contributed by atoms with E-state index in [9.17, 15) is 0 Å². The van der Waals surface area contributed by atoms with E-state index in [0.29, 0.717) is 17.8 Å². The van der Waals surface area contributed by atoms with Crippen LogP contribution in [0.3, 0.4) is 0 Å². The van der Waals surface area contributed by atoms with E-state index in [-0.39, 0.29) is 6.17 Å². The predicted molar refractivity (Wildman–Crippen MR) is 58.1 cm³/mol. The van der Waals surface area contributed by atoms with Crippen molar-refractivity contribution in [3.8, 4) is 6.01 Å². The third kappa shape index (κ3) is 1.89. The SMILES string of the molecule is [C-]#[N+]C1CCCN1c1nc(C)nc(OC)n1. The van der Waals surface area contributed by atoms with Crippen LogP contribution in [0.15, 0.2) is 0 Å². The average Bonchev–Trinajstić information content (AvgIpc) is 2.76. The van der Waals surface area contributed by atoms with E-state index in [1.54, 1.807) is 6.92 Å². The van der Waals surface area contributed by atoms with E-state index < -0.39 is 0 Å². The summed E-state index contributed by atoms with van der Waals surface area (Å²) in [7, 11) is 1.52. The molecular weight excluding hydrogens is 206 g/mol. The Kier molecular flexibility index (Phi) is 2.86. The molecule has 6 heteroatoms. The number of hydrogen-bond acceptors (Lipinski definition) is 5. The van der Waals surface area contributed by atoms with Crippen LogP contribution in [-0.4, -0.2) is 34.8 Å². The highest BCUT2D eigenvalue weighted by atomic mass is 16.5. The number of hydrogen-bond donors (Lipinski definition) is 0. The lowest BCUT2D eigenvalue weighted by atomic mass is 10.3. The van der Waals surface area contributed by atoms with Gasteiger partial charge in [0.05, 0.1) is 7.11 Å². The van der Waals surface area contributed by atoms with E-state index in [4.69, 9.17) is 11.3 Å². The number of rotatable bonds is 2. The standard InChI is InChI=1S/C10H13N5O/c1-7-12-9(14-10(13-7)16-3)15-6-4-5-8(15)11-2/h8H,4-6H2,1,3H3. The van der Waals surface area contributed by atoms with Crippen LogP contribution in [0.2, 0.25) is 0 Å². The topological polar surface area (TPSA) is 55.5 Å². The number of aryl methyl sites for hydroxylation is 1. The van der Waals surface area contributed by atoms with E-state index in [2.05, 4.69) is 19.8 Å². The Balaban J connectivity index is 2.33. The van der Waals surface area contributed by atoms with Gasteiger partial charge in [-0.2, -0.15) is 15.0 Å². The minimum atomic E-state index is -0.147. The van der Waals surface area contributed by atoms with Crippen molar-refractivity contribution in [2.24, 2.45) is 0 Å². The molecule has 1 atom stereocenters. The van der Waals surface area contributed by atoms with Crippen LogP contribution in [0.25, 0.3) is 4.85 Å². The molecule has 1 unspecified atom stereocenters. The maximum absolute atomic E-state index is 7.11. The molecule has 2 rings (SSSR count). The smallest absolute Gasteiger partial charge is 0.321 e. The fourth-order valence-electron chi connectivity index (χ4n) is 1.78. The van der Waals surface area contributed by atoms with Gasteiger partial charge in [-0.05, 0) is 13.3 Å². The molecule has 2 heterocycles. The Morgan fingerprint density at radius 1 is 1.44 bits per heavy atom. The fraction of sp³-hybridized carbons (Fsp3) is 0.600. The second-order valence-electron chi connectivity index (χ2n) is 3.61. The van der Waals surface area contributed by atoms with Crippen LogP contribution in [0.4, 0.5) is 5.95 Å². The van der Waals surface area contributed by atoms with Gasteiger partial charge in [-0.3, -0.25) is 9.74 Å². The first-order chi connectivity index (χ1) is 7.74. The lowest BCUT2D eigenvalue weighted by Crippen LogP contribution is -2.28. The van der Waals surface area contributed by atoms with Crippen LogP contribution in [0.1, 0.15) is 18.7 Å². The molecule has 0 radical (unpaired) electrons. The summed E-state index contributed by atoms with van der Waals surface area (Å²) in [6.45, 7) is 9.72. The fourth-order valence-corrected chi connectivity index (χ4v) is 1.78. The van der Waals surface area contributed by atoms with Crippen molar-refractivity contribution in [2.45, 2.75) is 25.9 Å². The van der Waals surface area contributed by atoms with Gasteiger partial charge in [-0.15, -0.1) is 0 Å². The van der Waals surface area contributed by atoms with E-state index in [1.165, 1.54) is 7.11 Å². The van der Waals surface area contributed by atoms with Gasteiger partial charge in [0.1, 0.15) is 5.82 Å². The van der Waals surface area contributed by atoms with E-state index in [0.717, 1.165) is 19.4 Å². The zero-order valence-electron chi connectivity index (χ0n) is 9.34. The maximum Gasteiger partial charge on any atom is 0.321 e. The molecule has 6 nitrogen and oxygen atoms in total. The molecule has 1 aromatic rings. The number of ether oxygens (including phenoxy) is 1. The molecule has 0 saturated carbocycles. The molecule has 0 aliphatic carbocycles. The van der Waals surface area contributed by atoms with Gasteiger partial charge in [0.25, 0.3) is 0 Å². The molecule has 0 amide bonds. The zero-order valence-corrected chi connectivity index (χ0v) is 9.34. The minimum absolute atomic E-state index is 0.147. The summed E-state index contributed by atoms with van der Waals surface area (Å²) in [4.78, 5) is 17.9. The number of methoxy groups -OCH3 is 1. The van der Waals surface area contributed by atoms with Crippen molar-refractivity contribution >= 4 is 5.95 Å². The van der Waals surface area contributed by atoms with Crippen molar-refractivity contribution in [2.75, 3.05) is 18.6 Å². The normalized spacial score (nSPS) is 19.6. The third-order valence-electron chi connectivity index (χ3n) is 2.52. The number of anilines is 1. The Morgan fingerprint density at radius 2 is 2.25 bits per heavy atom. The first kappa shape index (κ1) is 10.6. The van der Waals surface area contributed by atoms with Crippen LogP contribution in [0.5, 0.6) is 6.01 Å². The highest BCUT2D eigenvalue weighted by Crippen LogP contribution is 2.24. The van der Waals surface area contributed by atoms with E-state index >= 15 is 0 Å². The number of aromatic nitrogens is 3. The van der Waals surface area contributed by atoms with Gasteiger partial charge in [0.15, 0.2) is 0 Å². The van der Waals surface area contributed by atoms with Crippen molar-refractivity contribution in [3.63, 3.8) is 0 Å². The highest BCUT2D eigenvalue weighted by Gasteiger charge is 2.31. The first-order valence-corrected chi connectivity index (χ1v) is 5.14. The Labute approximate surface area is 94.1 Å². The summed E-state index contributed by atoms with van der Waals surface area (Å²) in [5.74, 6) is 1.15. The quantitative estimate of drug-likeness (QED) is 0.695. The molecule has 1 saturated heterocycles. The lowest BCUT2D eigenvalue weighted by molar-refractivity contribution is 0.376. The molecule has 1 fully saturated rings. The molecular formula is C10H13N5O. The Hall–Kier alpha value is -1.90. The molecule has 0 bridgehead atoms. The van der Waals surface area contributed by atoms with Crippen LogP contribution in [0, 0.1) is 13.5 Å². The summed E-state index contributed by atoms with van der Waals surface area (Å²) in [5.41, 5.74) is 0. The summed E-state index contributed by atoms with van der Waals surface area (Å²) in [5, 5.41) is 0. The Bertz CT molecular complexity index is 428. The molecule has 1 aromatic heterocycles. The summed E-state index contributed by atoms with van der Waals surface area (Å²) < 4.78 is 5.00. The van der Waals surface area contributed by atoms with Crippen molar-refractivity contribution in [3.05, 3.63) is 17.2 Å². The monoisotopic (exact) mass is 219 g/mol. The van der Waals surface area contributed by atoms with Gasteiger partial charge < -0.3 is 4.74 Å². The molecule has 1 aliphatic rings. The van der Waals surface area contributed by atoms with Crippen LogP contribution < -0.4 is 9.64 Å². The molecule has 0 spiro atoms. The highest BCUT2D eigenvalue weighted by molar-refractivity contribution is 5.35. The molecule has 1 aliphatic heterocycles. The summed E-state index contributed by atoms with van der Waals surface area (Å²) >= 11 is 0. The third-order valence-corrected chi connectivity index (χ3v) is 2.52. The maximum atomic E-state index is 7.11. The summed E-state index contributed by atoms with van der Waals surface area (Å²) in [6.07, 6.45) is 1.72. The largest absolute Gasteiger partial charge is 0.467 e. The second-order valence-corrected chi connectivity index (χ2v) is 3.61. The summed E-state index contributed by atoms with van der Waals surface area (Å²) in [6, 6.07) is 0.304. The average molecular weight is 219 g/mol. The lowest BCUT2D eigenvalue weighted by Gasteiger charge is -2.16. The van der Waals surface area contributed by atoms with E-state index in [1.807, 2.05) is 4.90 Å². The molecule has 0 N–H and O–H groups in total. The molecule has 0 aromatic carbocycles. The van der Waals surface area contributed by atoms with Gasteiger partial charge in [-0.1, -0.05) is 0 Å².